The van der Waals surface area contributed by atoms with E-state index in [-0.39, 0.29) is 6.29 Å². The van der Waals surface area contributed by atoms with Crippen molar-refractivity contribution >= 4 is 0 Å². The van der Waals surface area contributed by atoms with E-state index in [2.05, 4.69) is 0 Å². The lowest BCUT2D eigenvalue weighted by atomic mass is 9.86. The average molecular weight is 198 g/mol. The molecule has 0 unspecified atom stereocenters. The highest BCUT2D eigenvalue weighted by Gasteiger charge is 2.20. The van der Waals surface area contributed by atoms with Gasteiger partial charge in [0.2, 0.25) is 0 Å². The Labute approximate surface area is 87.0 Å². The van der Waals surface area contributed by atoms with Crippen molar-refractivity contribution < 1.29 is 9.47 Å². The van der Waals surface area contributed by atoms with E-state index in [1.54, 1.807) is 0 Å². The first kappa shape index (κ1) is 10.4. The van der Waals surface area contributed by atoms with Gasteiger partial charge in [0, 0.05) is 0 Å². The third-order valence-corrected chi connectivity index (χ3v) is 3.58. The lowest BCUT2D eigenvalue weighted by molar-refractivity contribution is -0.154. The highest BCUT2D eigenvalue weighted by Crippen LogP contribution is 2.28. The Morgan fingerprint density at radius 3 is 1.64 bits per heavy atom. The zero-order chi connectivity index (χ0) is 9.80. The number of rotatable bonds is 6. The summed E-state index contributed by atoms with van der Waals surface area (Å²) in [5.74, 6) is 1.65. The lowest BCUT2D eigenvalue weighted by Gasteiger charge is -2.29. The van der Waals surface area contributed by atoms with Gasteiger partial charge in [-0.25, -0.2) is 0 Å². The summed E-state index contributed by atoms with van der Waals surface area (Å²) >= 11 is 0. The lowest BCUT2D eigenvalue weighted by Crippen LogP contribution is -2.26. The summed E-state index contributed by atoms with van der Waals surface area (Å²) in [6.45, 7) is 3.84. The number of ether oxygens (including phenoxy) is 2. The SMILES string of the molecule is CC(OCC1CCC1)OCC1CCC1. The summed E-state index contributed by atoms with van der Waals surface area (Å²) < 4.78 is 11.3. The Hall–Kier alpha value is -0.0800. The van der Waals surface area contributed by atoms with E-state index in [4.69, 9.17) is 9.47 Å². The minimum Gasteiger partial charge on any atom is -0.353 e. The normalized spacial score (nSPS) is 23.6. The number of hydrogen-bond donors (Lipinski definition) is 0. The van der Waals surface area contributed by atoms with E-state index in [1.165, 1.54) is 38.5 Å². The van der Waals surface area contributed by atoms with Crippen LogP contribution in [0.15, 0.2) is 0 Å². The smallest absolute Gasteiger partial charge is 0.154 e. The van der Waals surface area contributed by atoms with Crippen LogP contribution >= 0.6 is 0 Å². The van der Waals surface area contributed by atoms with E-state index < -0.39 is 0 Å². The van der Waals surface area contributed by atoms with Crippen LogP contribution in [0.4, 0.5) is 0 Å². The first-order valence-corrected chi connectivity index (χ1v) is 6.08. The maximum atomic E-state index is 5.64. The summed E-state index contributed by atoms with van der Waals surface area (Å²) in [6.07, 6.45) is 8.22. The zero-order valence-electron chi connectivity index (χ0n) is 9.21. The van der Waals surface area contributed by atoms with E-state index in [1.807, 2.05) is 6.92 Å². The molecule has 0 atom stereocenters. The van der Waals surface area contributed by atoms with Crippen LogP contribution in [0.2, 0.25) is 0 Å². The molecule has 0 aromatic rings. The number of hydrogen-bond acceptors (Lipinski definition) is 2. The van der Waals surface area contributed by atoms with E-state index >= 15 is 0 Å². The van der Waals surface area contributed by atoms with Crippen LogP contribution in [0.25, 0.3) is 0 Å². The minimum atomic E-state index is 0.0104. The Morgan fingerprint density at radius 1 is 0.929 bits per heavy atom. The van der Waals surface area contributed by atoms with Gasteiger partial charge in [-0.2, -0.15) is 0 Å². The summed E-state index contributed by atoms with van der Waals surface area (Å²) in [7, 11) is 0. The monoisotopic (exact) mass is 198 g/mol. The molecule has 0 heterocycles. The summed E-state index contributed by atoms with van der Waals surface area (Å²) in [4.78, 5) is 0. The van der Waals surface area contributed by atoms with Gasteiger partial charge in [0.05, 0.1) is 13.2 Å². The van der Waals surface area contributed by atoms with E-state index in [0.29, 0.717) is 0 Å². The van der Waals surface area contributed by atoms with Crippen molar-refractivity contribution in [2.45, 2.75) is 51.7 Å². The third kappa shape index (κ3) is 2.96. The first-order valence-electron chi connectivity index (χ1n) is 6.08. The van der Waals surface area contributed by atoms with E-state index in [0.717, 1.165) is 25.0 Å². The van der Waals surface area contributed by atoms with Gasteiger partial charge in [-0.3, -0.25) is 0 Å². The second-order valence-corrected chi connectivity index (χ2v) is 4.83. The molecule has 2 aliphatic carbocycles. The standard InChI is InChI=1S/C12H22O2/c1-10(13-8-11-4-2-5-11)14-9-12-6-3-7-12/h10-12H,2-9H2,1H3. The maximum Gasteiger partial charge on any atom is 0.154 e. The molecule has 0 amide bonds. The predicted molar refractivity (Wildman–Crippen MR) is 56.0 cm³/mol. The Bertz CT molecular complexity index is 144. The van der Waals surface area contributed by atoms with Crippen molar-refractivity contribution in [1.82, 2.24) is 0 Å². The van der Waals surface area contributed by atoms with Crippen LogP contribution in [-0.4, -0.2) is 19.5 Å². The maximum absolute atomic E-state index is 5.64. The van der Waals surface area contributed by atoms with Gasteiger partial charge in [0.15, 0.2) is 6.29 Å². The molecular weight excluding hydrogens is 176 g/mol. The first-order chi connectivity index (χ1) is 6.84. The zero-order valence-corrected chi connectivity index (χ0v) is 9.21. The second-order valence-electron chi connectivity index (χ2n) is 4.83. The Morgan fingerprint density at radius 2 is 1.36 bits per heavy atom. The summed E-state index contributed by atoms with van der Waals surface area (Å²) in [5, 5.41) is 0. The molecule has 0 aromatic heterocycles. The molecule has 2 aliphatic rings. The third-order valence-electron chi connectivity index (χ3n) is 3.58. The van der Waals surface area contributed by atoms with Gasteiger partial charge in [0.1, 0.15) is 0 Å². The van der Waals surface area contributed by atoms with Crippen molar-refractivity contribution in [3.8, 4) is 0 Å². The molecule has 0 aromatic carbocycles. The van der Waals surface area contributed by atoms with Crippen molar-refractivity contribution in [3.05, 3.63) is 0 Å². The molecule has 0 radical (unpaired) electrons. The molecule has 0 N–H and O–H groups in total. The van der Waals surface area contributed by atoms with Gasteiger partial charge in [-0.05, 0) is 44.4 Å². The quantitative estimate of drug-likeness (QED) is 0.611. The van der Waals surface area contributed by atoms with Gasteiger partial charge < -0.3 is 9.47 Å². The average Bonchev–Trinajstić information content (AvgIpc) is 1.98. The molecule has 0 saturated heterocycles. The molecule has 2 saturated carbocycles. The van der Waals surface area contributed by atoms with E-state index in [9.17, 15) is 0 Å². The van der Waals surface area contributed by atoms with Crippen LogP contribution < -0.4 is 0 Å². The molecule has 2 nitrogen and oxygen atoms in total. The van der Waals surface area contributed by atoms with Crippen LogP contribution in [0, 0.1) is 11.8 Å². The van der Waals surface area contributed by atoms with Gasteiger partial charge in [-0.15, -0.1) is 0 Å². The topological polar surface area (TPSA) is 18.5 Å². The van der Waals surface area contributed by atoms with Crippen LogP contribution in [0.3, 0.4) is 0 Å². The molecule has 2 fully saturated rings. The van der Waals surface area contributed by atoms with Crippen molar-refractivity contribution in [2.24, 2.45) is 11.8 Å². The van der Waals surface area contributed by atoms with Crippen molar-refractivity contribution in [2.75, 3.05) is 13.2 Å². The Kier molecular flexibility index (Phi) is 3.82. The van der Waals surface area contributed by atoms with Crippen LogP contribution in [0.1, 0.15) is 45.4 Å². The molecule has 14 heavy (non-hydrogen) atoms. The fraction of sp³-hybridized carbons (Fsp3) is 1.00. The molecule has 0 spiro atoms. The summed E-state index contributed by atoms with van der Waals surface area (Å²) in [6, 6.07) is 0. The minimum absolute atomic E-state index is 0.0104. The van der Waals surface area contributed by atoms with Gasteiger partial charge in [-0.1, -0.05) is 12.8 Å². The fourth-order valence-corrected chi connectivity index (χ4v) is 1.91. The van der Waals surface area contributed by atoms with Crippen LogP contribution in [0.5, 0.6) is 0 Å². The molecule has 0 bridgehead atoms. The van der Waals surface area contributed by atoms with Crippen molar-refractivity contribution in [3.63, 3.8) is 0 Å². The highest BCUT2D eigenvalue weighted by atomic mass is 16.7. The highest BCUT2D eigenvalue weighted by molar-refractivity contribution is 4.69. The van der Waals surface area contributed by atoms with Gasteiger partial charge >= 0.3 is 0 Å². The molecule has 2 heteroatoms. The molecule has 82 valence electrons. The van der Waals surface area contributed by atoms with Crippen molar-refractivity contribution in [1.29, 1.82) is 0 Å². The fourth-order valence-electron chi connectivity index (χ4n) is 1.91. The second kappa shape index (κ2) is 5.13. The molecular formula is C12H22O2. The molecule has 2 rings (SSSR count). The Balaban J connectivity index is 1.47. The largest absolute Gasteiger partial charge is 0.353 e. The predicted octanol–water partition coefficient (Wildman–Crippen LogP) is 2.97. The summed E-state index contributed by atoms with van der Waals surface area (Å²) in [5.41, 5.74) is 0. The molecule has 0 aliphatic heterocycles. The van der Waals surface area contributed by atoms with Gasteiger partial charge in [0.25, 0.3) is 0 Å². The van der Waals surface area contributed by atoms with Crippen LogP contribution in [-0.2, 0) is 9.47 Å².